The highest BCUT2D eigenvalue weighted by Crippen LogP contribution is 2.20. The van der Waals surface area contributed by atoms with Crippen LogP contribution in [0.4, 0.5) is 11.5 Å². The Balaban J connectivity index is 2.13. The van der Waals surface area contributed by atoms with E-state index in [2.05, 4.69) is 36.6 Å². The quantitative estimate of drug-likeness (QED) is 0.594. The fraction of sp³-hybridized carbons (Fsp3) is 0.0833. The van der Waals surface area contributed by atoms with Crippen LogP contribution in [0, 0.1) is 6.92 Å². The van der Waals surface area contributed by atoms with E-state index >= 15 is 0 Å². The molecule has 6 nitrogen and oxygen atoms in total. The minimum Gasteiger partial charge on any atom is -0.321 e. The Morgan fingerprint density at radius 3 is 2.68 bits per heavy atom. The fourth-order valence-corrected chi connectivity index (χ4v) is 1.76. The molecule has 7 heteroatoms. The van der Waals surface area contributed by atoms with Crippen LogP contribution in [0.5, 0.6) is 0 Å². The molecule has 1 heterocycles. The molecule has 0 aliphatic rings. The van der Waals surface area contributed by atoms with Crippen molar-refractivity contribution in [1.29, 1.82) is 0 Å². The third kappa shape index (κ3) is 3.27. The van der Waals surface area contributed by atoms with Gasteiger partial charge >= 0.3 is 0 Å². The summed E-state index contributed by atoms with van der Waals surface area (Å²) in [5, 5.41) is 2.74. The molecule has 0 fully saturated rings. The minimum absolute atomic E-state index is 0.218. The summed E-state index contributed by atoms with van der Waals surface area (Å²) in [5.41, 5.74) is 4.34. The van der Waals surface area contributed by atoms with Crippen LogP contribution in [0.2, 0.25) is 0 Å². The van der Waals surface area contributed by atoms with Gasteiger partial charge in [0.2, 0.25) is 0 Å². The first-order chi connectivity index (χ1) is 9.10. The summed E-state index contributed by atoms with van der Waals surface area (Å²) in [4.78, 5) is 19.8. The summed E-state index contributed by atoms with van der Waals surface area (Å²) in [6.07, 6.45) is 2.74. The maximum Gasteiger partial charge on any atom is 0.275 e. The third-order valence-corrected chi connectivity index (χ3v) is 3.32. The normalized spacial score (nSPS) is 10.1. The number of nitrogens with one attached hydrogen (secondary N) is 2. The van der Waals surface area contributed by atoms with E-state index < -0.39 is 0 Å². The first-order valence-electron chi connectivity index (χ1n) is 5.46. The number of amides is 1. The van der Waals surface area contributed by atoms with Crippen molar-refractivity contribution in [3.8, 4) is 0 Å². The summed E-state index contributed by atoms with van der Waals surface area (Å²) in [7, 11) is 0. The molecule has 98 valence electrons. The molecule has 1 aromatic carbocycles. The van der Waals surface area contributed by atoms with E-state index in [1.807, 2.05) is 25.1 Å². The number of hydrogen-bond acceptors (Lipinski definition) is 5. The van der Waals surface area contributed by atoms with Crippen LogP contribution in [-0.4, -0.2) is 15.9 Å². The second kappa shape index (κ2) is 5.77. The smallest absolute Gasteiger partial charge is 0.275 e. The van der Waals surface area contributed by atoms with E-state index in [0.717, 1.165) is 10.0 Å². The third-order valence-electron chi connectivity index (χ3n) is 2.46. The molecule has 0 atom stereocenters. The zero-order valence-electron chi connectivity index (χ0n) is 10.1. The average molecular weight is 322 g/mol. The monoisotopic (exact) mass is 321 g/mol. The molecule has 0 radical (unpaired) electrons. The topological polar surface area (TPSA) is 92.9 Å². The van der Waals surface area contributed by atoms with Gasteiger partial charge < -0.3 is 10.7 Å². The van der Waals surface area contributed by atoms with E-state index in [0.29, 0.717) is 11.5 Å². The number of aryl methyl sites for hydroxylation is 1. The maximum absolute atomic E-state index is 11.9. The van der Waals surface area contributed by atoms with Gasteiger partial charge in [-0.15, -0.1) is 0 Å². The zero-order valence-corrected chi connectivity index (χ0v) is 11.7. The van der Waals surface area contributed by atoms with Crippen LogP contribution in [0.15, 0.2) is 35.1 Å². The number of anilines is 2. The summed E-state index contributed by atoms with van der Waals surface area (Å²) in [6.45, 7) is 1.97. The lowest BCUT2D eigenvalue weighted by Crippen LogP contribution is -2.15. The first kappa shape index (κ1) is 13.4. The molecule has 1 amide bonds. The van der Waals surface area contributed by atoms with Crippen molar-refractivity contribution < 1.29 is 4.79 Å². The number of carbonyl (C=O) groups is 1. The van der Waals surface area contributed by atoms with Crippen LogP contribution in [0.3, 0.4) is 0 Å². The van der Waals surface area contributed by atoms with Crippen molar-refractivity contribution in [2.24, 2.45) is 5.84 Å². The van der Waals surface area contributed by atoms with Gasteiger partial charge in [0.1, 0.15) is 5.69 Å². The van der Waals surface area contributed by atoms with Crippen molar-refractivity contribution in [2.45, 2.75) is 6.92 Å². The highest BCUT2D eigenvalue weighted by molar-refractivity contribution is 9.10. The predicted octanol–water partition coefficient (Wildman–Crippen LogP) is 2.09. The number of benzene rings is 1. The summed E-state index contributed by atoms with van der Waals surface area (Å²) in [5.74, 6) is 5.24. The standard InChI is InChI=1S/C12H12BrN5O/c1-7-2-3-8(4-9(7)13)17-12(19)10-5-16-11(18-14)6-15-10/h2-6H,14H2,1H3,(H,16,18)(H,17,19). The van der Waals surface area contributed by atoms with Crippen LogP contribution in [0.1, 0.15) is 16.1 Å². The van der Waals surface area contributed by atoms with Crippen LogP contribution in [0.25, 0.3) is 0 Å². The molecule has 0 unspecified atom stereocenters. The number of halogens is 1. The van der Waals surface area contributed by atoms with Gasteiger partial charge in [-0.2, -0.15) is 0 Å². The molecule has 19 heavy (non-hydrogen) atoms. The summed E-state index contributed by atoms with van der Waals surface area (Å²) >= 11 is 3.41. The van der Waals surface area contributed by atoms with E-state index in [9.17, 15) is 4.79 Å². The van der Waals surface area contributed by atoms with Gasteiger partial charge in [-0.1, -0.05) is 22.0 Å². The average Bonchev–Trinajstić information content (AvgIpc) is 2.43. The first-order valence-corrected chi connectivity index (χ1v) is 6.25. The van der Waals surface area contributed by atoms with Crippen LogP contribution in [-0.2, 0) is 0 Å². The second-order valence-corrected chi connectivity index (χ2v) is 4.70. The number of nitrogens with two attached hydrogens (primary N) is 1. The molecule has 0 bridgehead atoms. The number of carbonyl (C=O) groups excluding carboxylic acids is 1. The second-order valence-electron chi connectivity index (χ2n) is 3.85. The van der Waals surface area contributed by atoms with E-state index in [1.165, 1.54) is 12.4 Å². The van der Waals surface area contributed by atoms with Gasteiger partial charge in [0, 0.05) is 10.2 Å². The Hall–Kier alpha value is -1.99. The Bertz CT molecular complexity index is 600. The Labute approximate surface area is 118 Å². The lowest BCUT2D eigenvalue weighted by Gasteiger charge is -2.06. The van der Waals surface area contributed by atoms with Gasteiger partial charge in [0.15, 0.2) is 5.82 Å². The predicted molar refractivity (Wildman–Crippen MR) is 76.7 cm³/mol. The maximum atomic E-state index is 11.9. The molecular formula is C12H12BrN5O. The van der Waals surface area contributed by atoms with Crippen molar-refractivity contribution >= 4 is 33.3 Å². The van der Waals surface area contributed by atoms with E-state index in [-0.39, 0.29) is 11.6 Å². The lowest BCUT2D eigenvalue weighted by molar-refractivity contribution is 0.102. The van der Waals surface area contributed by atoms with Crippen molar-refractivity contribution in [1.82, 2.24) is 9.97 Å². The number of aromatic nitrogens is 2. The molecule has 0 aliphatic heterocycles. The molecule has 0 aliphatic carbocycles. The van der Waals surface area contributed by atoms with Crippen molar-refractivity contribution in [2.75, 3.05) is 10.7 Å². The molecular weight excluding hydrogens is 310 g/mol. The van der Waals surface area contributed by atoms with Crippen LogP contribution >= 0.6 is 15.9 Å². The van der Waals surface area contributed by atoms with Gasteiger partial charge in [0.25, 0.3) is 5.91 Å². The number of rotatable bonds is 3. The summed E-state index contributed by atoms with van der Waals surface area (Å²) < 4.78 is 0.930. The molecule has 1 aromatic heterocycles. The Morgan fingerprint density at radius 1 is 1.32 bits per heavy atom. The van der Waals surface area contributed by atoms with Gasteiger partial charge in [-0.25, -0.2) is 15.8 Å². The minimum atomic E-state index is -0.327. The summed E-state index contributed by atoms with van der Waals surface area (Å²) in [6, 6.07) is 5.56. The molecule has 4 N–H and O–H groups in total. The van der Waals surface area contributed by atoms with E-state index in [4.69, 9.17) is 5.84 Å². The van der Waals surface area contributed by atoms with Gasteiger partial charge in [0.05, 0.1) is 12.4 Å². The highest BCUT2D eigenvalue weighted by atomic mass is 79.9. The number of nitrogen functional groups attached to an aromatic ring is 1. The Kier molecular flexibility index (Phi) is 4.08. The number of nitrogens with zero attached hydrogens (tertiary/aromatic N) is 2. The van der Waals surface area contributed by atoms with Crippen molar-refractivity contribution in [3.63, 3.8) is 0 Å². The number of hydrogen-bond donors (Lipinski definition) is 3. The molecule has 0 spiro atoms. The van der Waals surface area contributed by atoms with Crippen molar-refractivity contribution in [3.05, 3.63) is 46.3 Å². The Morgan fingerprint density at radius 2 is 2.11 bits per heavy atom. The molecule has 2 aromatic rings. The molecule has 0 saturated heterocycles. The number of hydrazine groups is 1. The van der Waals surface area contributed by atoms with Gasteiger partial charge in [-0.05, 0) is 24.6 Å². The molecule has 0 saturated carbocycles. The SMILES string of the molecule is Cc1ccc(NC(=O)c2cnc(NN)cn2)cc1Br. The fourth-order valence-electron chi connectivity index (χ4n) is 1.39. The lowest BCUT2D eigenvalue weighted by atomic mass is 10.2. The van der Waals surface area contributed by atoms with Gasteiger partial charge in [-0.3, -0.25) is 4.79 Å². The molecule has 2 rings (SSSR count). The van der Waals surface area contributed by atoms with Crippen LogP contribution < -0.4 is 16.6 Å². The highest BCUT2D eigenvalue weighted by Gasteiger charge is 2.09. The van der Waals surface area contributed by atoms with E-state index in [1.54, 1.807) is 0 Å². The zero-order chi connectivity index (χ0) is 13.8. The largest absolute Gasteiger partial charge is 0.321 e.